The van der Waals surface area contributed by atoms with Crippen molar-refractivity contribution in [3.63, 3.8) is 0 Å². The number of rotatable bonds is 5. The lowest BCUT2D eigenvalue weighted by Gasteiger charge is -2.08. The minimum atomic E-state index is -6.09. The zero-order valence-electron chi connectivity index (χ0n) is 12.1. The average molecular weight is 345 g/mol. The maximum absolute atomic E-state index is 10.7. The minimum Gasteiger partial charge on any atom is -0.741 e. The van der Waals surface area contributed by atoms with E-state index in [2.05, 4.69) is 16.6 Å². The molecular weight excluding hydrogens is 327 g/mol. The number of aromatic nitrogens is 2. The second kappa shape index (κ2) is 8.73. The molecule has 0 saturated heterocycles. The van der Waals surface area contributed by atoms with E-state index in [0.717, 1.165) is 18.8 Å². The van der Waals surface area contributed by atoms with Crippen LogP contribution in [-0.2, 0) is 23.7 Å². The molecule has 22 heavy (non-hydrogen) atoms. The molecule has 0 aliphatic rings. The van der Waals surface area contributed by atoms with Gasteiger partial charge in [0.2, 0.25) is 0 Å². The Balaban J connectivity index is 0.000000472. The summed E-state index contributed by atoms with van der Waals surface area (Å²) in [6.45, 7) is 3.17. The second-order valence-corrected chi connectivity index (χ2v) is 5.68. The van der Waals surface area contributed by atoms with E-state index in [1.54, 1.807) is 0 Å². The van der Waals surface area contributed by atoms with Crippen molar-refractivity contribution in [2.75, 3.05) is 0 Å². The molecule has 0 aliphatic carbocycles. The Labute approximate surface area is 126 Å². The van der Waals surface area contributed by atoms with E-state index in [1.807, 2.05) is 24.0 Å². The highest BCUT2D eigenvalue weighted by atomic mass is 32.2. The summed E-state index contributed by atoms with van der Waals surface area (Å²) in [5.74, 6) is 0.920. The molecule has 0 fully saturated rings. The summed E-state index contributed by atoms with van der Waals surface area (Å²) in [4.78, 5) is 0. The molecule has 0 atom stereocenters. The van der Waals surface area contributed by atoms with Crippen LogP contribution in [0.2, 0.25) is 0 Å². The van der Waals surface area contributed by atoms with Gasteiger partial charge in [0, 0.05) is 0 Å². The first-order valence-corrected chi connectivity index (χ1v) is 7.69. The maximum Gasteiger partial charge on any atom is 0.485 e. The summed E-state index contributed by atoms with van der Waals surface area (Å²) < 4.78 is 62.9. The Morgan fingerprint density at radius 2 is 2.00 bits per heavy atom. The van der Waals surface area contributed by atoms with E-state index < -0.39 is 15.6 Å². The molecule has 1 aromatic rings. The molecule has 0 amide bonds. The number of unbranched alkanes of at least 4 members (excludes halogenated alkanes) is 2. The highest BCUT2D eigenvalue weighted by Gasteiger charge is 2.36. The molecular formula is C11H18F3N3O4S. The van der Waals surface area contributed by atoms with Gasteiger partial charge in [0.1, 0.15) is 12.4 Å². The van der Waals surface area contributed by atoms with Crippen molar-refractivity contribution in [1.29, 1.82) is 0 Å². The molecule has 0 unspecified atom stereocenters. The van der Waals surface area contributed by atoms with Crippen molar-refractivity contribution in [1.82, 2.24) is 4.57 Å². The fourth-order valence-corrected chi connectivity index (χ4v) is 1.47. The first-order valence-electron chi connectivity index (χ1n) is 6.29. The van der Waals surface area contributed by atoms with Crippen molar-refractivity contribution >= 4 is 16.3 Å². The SMILES string of the molecule is CCCCCn1cc[n+](C)c1C=NO.O=S(=O)([O-])C(F)(F)F. The molecule has 1 N–H and O–H groups in total. The quantitative estimate of drug-likeness (QED) is 0.166. The Bertz CT molecular complexity index is 582. The van der Waals surface area contributed by atoms with Gasteiger partial charge in [-0.15, -0.1) is 0 Å². The van der Waals surface area contributed by atoms with Gasteiger partial charge in [-0.1, -0.05) is 18.5 Å². The first kappa shape index (κ1) is 20.4. The summed E-state index contributed by atoms with van der Waals surface area (Å²) in [5, 5.41) is 11.6. The van der Waals surface area contributed by atoms with Crippen LogP contribution in [0.1, 0.15) is 32.0 Å². The van der Waals surface area contributed by atoms with Gasteiger partial charge in [-0.05, 0) is 12.8 Å². The Morgan fingerprint density at radius 1 is 1.45 bits per heavy atom. The Morgan fingerprint density at radius 3 is 2.41 bits per heavy atom. The van der Waals surface area contributed by atoms with E-state index in [4.69, 9.17) is 18.2 Å². The first-order chi connectivity index (χ1) is 10.0. The van der Waals surface area contributed by atoms with Crippen LogP contribution in [0.3, 0.4) is 0 Å². The second-order valence-electron chi connectivity index (χ2n) is 4.31. The summed E-state index contributed by atoms with van der Waals surface area (Å²) in [7, 11) is -4.15. The highest BCUT2D eigenvalue weighted by molar-refractivity contribution is 7.86. The zero-order valence-corrected chi connectivity index (χ0v) is 12.9. The van der Waals surface area contributed by atoms with Crippen LogP contribution in [-0.4, -0.2) is 34.5 Å². The molecule has 0 saturated carbocycles. The van der Waals surface area contributed by atoms with Crippen molar-refractivity contribution in [2.24, 2.45) is 12.2 Å². The standard InChI is InChI=1S/C10H17N3O.CHF3O3S/c1-3-4-5-6-13-8-7-12(2)10(13)9-11-14;2-1(3,4)8(5,6)7/h7-9H,3-6H2,1-2H3;(H,5,6,7). The largest absolute Gasteiger partial charge is 0.741 e. The van der Waals surface area contributed by atoms with Gasteiger partial charge in [-0.25, -0.2) is 17.6 Å². The van der Waals surface area contributed by atoms with Gasteiger partial charge >= 0.3 is 11.3 Å². The normalized spacial score (nSPS) is 12.3. The highest BCUT2D eigenvalue weighted by Crippen LogP contribution is 2.20. The van der Waals surface area contributed by atoms with Crippen LogP contribution in [0, 0.1) is 0 Å². The fraction of sp³-hybridized carbons (Fsp3) is 0.636. The lowest BCUT2D eigenvalue weighted by atomic mass is 10.2. The molecule has 0 spiro atoms. The number of hydrogen-bond acceptors (Lipinski definition) is 5. The van der Waals surface area contributed by atoms with Crippen LogP contribution in [0.5, 0.6) is 0 Å². The molecule has 1 rings (SSSR count). The topological polar surface area (TPSA) is 98.6 Å². The number of hydrogen-bond donors (Lipinski definition) is 1. The maximum atomic E-state index is 10.7. The molecule has 7 nitrogen and oxygen atoms in total. The van der Waals surface area contributed by atoms with Crippen LogP contribution < -0.4 is 4.57 Å². The fourth-order valence-electron chi connectivity index (χ4n) is 1.47. The van der Waals surface area contributed by atoms with Crippen LogP contribution in [0.15, 0.2) is 17.5 Å². The van der Waals surface area contributed by atoms with Crippen molar-refractivity contribution in [2.45, 2.75) is 38.2 Å². The van der Waals surface area contributed by atoms with Crippen LogP contribution in [0.4, 0.5) is 13.2 Å². The van der Waals surface area contributed by atoms with E-state index >= 15 is 0 Å². The van der Waals surface area contributed by atoms with Crippen LogP contribution in [0.25, 0.3) is 0 Å². The lowest BCUT2D eigenvalue weighted by Crippen LogP contribution is -2.32. The number of imidazole rings is 1. The third-order valence-electron chi connectivity index (χ3n) is 2.59. The molecule has 128 valence electrons. The van der Waals surface area contributed by atoms with Gasteiger partial charge in [0.05, 0.1) is 13.6 Å². The van der Waals surface area contributed by atoms with Gasteiger partial charge in [0.15, 0.2) is 16.3 Å². The minimum absolute atomic E-state index is 0.920. The van der Waals surface area contributed by atoms with E-state index in [0.29, 0.717) is 0 Å². The summed E-state index contributed by atoms with van der Waals surface area (Å²) in [6, 6.07) is 0. The van der Waals surface area contributed by atoms with Gasteiger partial charge in [0.25, 0.3) is 0 Å². The van der Waals surface area contributed by atoms with Gasteiger partial charge in [-0.3, -0.25) is 0 Å². The molecule has 1 heterocycles. The number of oxime groups is 1. The predicted octanol–water partition coefficient (Wildman–Crippen LogP) is 1.36. The van der Waals surface area contributed by atoms with Crippen LogP contribution >= 0.6 is 0 Å². The molecule has 0 bridgehead atoms. The predicted molar refractivity (Wildman–Crippen MR) is 70.3 cm³/mol. The van der Waals surface area contributed by atoms with E-state index in [-0.39, 0.29) is 0 Å². The molecule has 1 aromatic heterocycles. The van der Waals surface area contributed by atoms with Crippen molar-refractivity contribution < 1.29 is 35.9 Å². The smallest absolute Gasteiger partial charge is 0.485 e. The molecule has 0 radical (unpaired) electrons. The average Bonchev–Trinajstić information content (AvgIpc) is 2.71. The number of alkyl halides is 3. The van der Waals surface area contributed by atoms with Gasteiger partial charge in [-0.2, -0.15) is 13.2 Å². The molecule has 0 aromatic carbocycles. The lowest BCUT2D eigenvalue weighted by molar-refractivity contribution is -0.671. The number of halogens is 3. The third-order valence-corrected chi connectivity index (χ3v) is 3.15. The molecule has 0 aliphatic heterocycles. The Kier molecular flexibility index (Phi) is 8.09. The Hall–Kier alpha value is -1.62. The summed E-state index contributed by atoms with van der Waals surface area (Å²) >= 11 is 0. The number of nitrogens with zero attached hydrogens (tertiary/aromatic N) is 3. The monoisotopic (exact) mass is 345 g/mol. The third kappa shape index (κ3) is 6.89. The van der Waals surface area contributed by atoms with Gasteiger partial charge < -0.3 is 9.76 Å². The van der Waals surface area contributed by atoms with Crippen molar-refractivity contribution in [3.8, 4) is 0 Å². The van der Waals surface area contributed by atoms with Crippen molar-refractivity contribution in [3.05, 3.63) is 18.2 Å². The number of aryl methyl sites for hydroxylation is 2. The summed E-state index contributed by atoms with van der Waals surface area (Å²) in [6.07, 6.45) is 9.05. The van der Waals surface area contributed by atoms with E-state index in [1.165, 1.54) is 19.1 Å². The molecule has 11 heteroatoms. The summed E-state index contributed by atoms with van der Waals surface area (Å²) in [5.41, 5.74) is -5.65. The zero-order chi connectivity index (χ0) is 17.4. The van der Waals surface area contributed by atoms with E-state index in [9.17, 15) is 13.2 Å².